The van der Waals surface area contributed by atoms with E-state index in [9.17, 15) is 13.2 Å². The molecule has 3 rings (SSSR count). The van der Waals surface area contributed by atoms with Gasteiger partial charge in [-0.05, 0) is 41.3 Å². The van der Waals surface area contributed by atoms with Crippen LogP contribution in [0.4, 0.5) is 0 Å². The molecule has 3 aromatic rings. The van der Waals surface area contributed by atoms with Crippen LogP contribution < -0.4 is 4.72 Å². The fraction of sp³-hybridized carbons (Fsp3) is 0.174. The third kappa shape index (κ3) is 5.53. The predicted molar refractivity (Wildman–Crippen MR) is 114 cm³/mol. The van der Waals surface area contributed by atoms with Crippen LogP contribution in [-0.4, -0.2) is 21.5 Å². The van der Waals surface area contributed by atoms with Gasteiger partial charge in [-0.15, -0.1) is 0 Å². The average molecular weight is 410 g/mol. The van der Waals surface area contributed by atoms with Crippen molar-refractivity contribution in [2.45, 2.75) is 18.7 Å². The first-order chi connectivity index (χ1) is 13.9. The lowest BCUT2D eigenvalue weighted by Crippen LogP contribution is -2.28. The Morgan fingerprint density at radius 2 is 1.48 bits per heavy atom. The first kappa shape index (κ1) is 20.8. The lowest BCUT2D eigenvalue weighted by molar-refractivity contribution is 0.0600. The second-order valence-corrected chi connectivity index (χ2v) is 8.53. The molecule has 0 saturated heterocycles. The largest absolute Gasteiger partial charge is 0.465 e. The highest BCUT2D eigenvalue weighted by Crippen LogP contribution is 2.22. The summed E-state index contributed by atoms with van der Waals surface area (Å²) in [7, 11) is -2.25. The normalized spacial score (nSPS) is 12.3. The zero-order valence-corrected chi connectivity index (χ0v) is 17.1. The number of hydrogen-bond donors (Lipinski definition) is 1. The molecule has 5 nitrogen and oxygen atoms in total. The third-order valence-corrected chi connectivity index (χ3v) is 6.03. The maximum absolute atomic E-state index is 12.5. The average Bonchev–Trinajstić information content (AvgIpc) is 2.74. The van der Waals surface area contributed by atoms with Crippen molar-refractivity contribution >= 4 is 16.0 Å². The Kier molecular flexibility index (Phi) is 6.46. The number of ether oxygens (including phenoxy) is 1. The zero-order valence-electron chi connectivity index (χ0n) is 16.3. The minimum Gasteiger partial charge on any atom is -0.465 e. The van der Waals surface area contributed by atoms with Gasteiger partial charge < -0.3 is 4.74 Å². The standard InChI is InChI=1S/C23H23NO4S/c1-17(19-12-14-21(15-13-19)20-6-4-3-5-7-20)24-29(26,27)16-18-8-10-22(11-9-18)23(25)28-2/h3-15,17,24H,16H2,1-2H3. The molecule has 0 aliphatic heterocycles. The van der Waals surface area contributed by atoms with E-state index in [0.29, 0.717) is 11.1 Å². The molecule has 1 atom stereocenters. The van der Waals surface area contributed by atoms with Gasteiger partial charge >= 0.3 is 5.97 Å². The summed E-state index contributed by atoms with van der Waals surface area (Å²) in [6.07, 6.45) is 0. The molecular formula is C23H23NO4S. The smallest absolute Gasteiger partial charge is 0.337 e. The molecule has 1 unspecified atom stereocenters. The van der Waals surface area contributed by atoms with Crippen LogP contribution in [0, 0.1) is 0 Å². The van der Waals surface area contributed by atoms with Crippen LogP contribution in [0.25, 0.3) is 11.1 Å². The van der Waals surface area contributed by atoms with E-state index in [4.69, 9.17) is 0 Å². The quantitative estimate of drug-likeness (QED) is 0.590. The van der Waals surface area contributed by atoms with Crippen LogP contribution in [0.3, 0.4) is 0 Å². The van der Waals surface area contributed by atoms with Crippen molar-refractivity contribution in [2.24, 2.45) is 0 Å². The van der Waals surface area contributed by atoms with Gasteiger partial charge in [0.2, 0.25) is 10.0 Å². The van der Waals surface area contributed by atoms with Crippen molar-refractivity contribution in [1.82, 2.24) is 4.72 Å². The predicted octanol–water partition coefficient (Wildman–Crippen LogP) is 4.32. The van der Waals surface area contributed by atoms with Gasteiger partial charge in [0.25, 0.3) is 0 Å². The number of benzene rings is 3. The highest BCUT2D eigenvalue weighted by atomic mass is 32.2. The number of carbonyl (C=O) groups excluding carboxylic acids is 1. The molecule has 3 aromatic carbocycles. The van der Waals surface area contributed by atoms with E-state index < -0.39 is 16.0 Å². The molecule has 150 valence electrons. The first-order valence-corrected chi connectivity index (χ1v) is 10.9. The van der Waals surface area contributed by atoms with E-state index >= 15 is 0 Å². The molecule has 0 saturated carbocycles. The summed E-state index contributed by atoms with van der Waals surface area (Å²) >= 11 is 0. The van der Waals surface area contributed by atoms with Crippen molar-refractivity contribution in [1.29, 1.82) is 0 Å². The summed E-state index contributed by atoms with van der Waals surface area (Å²) in [6.45, 7) is 1.81. The maximum atomic E-state index is 12.5. The molecule has 0 aliphatic carbocycles. The van der Waals surface area contributed by atoms with E-state index in [1.807, 2.05) is 61.5 Å². The summed E-state index contributed by atoms with van der Waals surface area (Å²) in [5.74, 6) is -0.619. The van der Waals surface area contributed by atoms with Gasteiger partial charge in [-0.2, -0.15) is 0 Å². The Morgan fingerprint density at radius 3 is 2.07 bits per heavy atom. The van der Waals surface area contributed by atoms with Crippen LogP contribution in [-0.2, 0) is 20.5 Å². The fourth-order valence-corrected chi connectivity index (χ4v) is 4.44. The highest BCUT2D eigenvalue weighted by Gasteiger charge is 2.17. The van der Waals surface area contributed by atoms with Gasteiger partial charge in [0.15, 0.2) is 0 Å². The minimum absolute atomic E-state index is 0.166. The molecule has 0 aromatic heterocycles. The number of methoxy groups -OCH3 is 1. The molecule has 0 fully saturated rings. The molecule has 0 bridgehead atoms. The fourth-order valence-electron chi connectivity index (χ4n) is 3.05. The highest BCUT2D eigenvalue weighted by molar-refractivity contribution is 7.88. The Labute approximate surface area is 171 Å². The first-order valence-electron chi connectivity index (χ1n) is 9.20. The summed E-state index contributed by atoms with van der Waals surface area (Å²) in [4.78, 5) is 11.5. The van der Waals surface area contributed by atoms with Crippen molar-refractivity contribution in [3.8, 4) is 11.1 Å². The summed E-state index contributed by atoms with van der Waals surface area (Å²) in [5.41, 5.74) is 4.05. The molecule has 1 N–H and O–H groups in total. The summed E-state index contributed by atoms with van der Waals surface area (Å²) in [6, 6.07) is 23.8. The van der Waals surface area contributed by atoms with Crippen molar-refractivity contribution in [3.05, 3.63) is 95.6 Å². The number of hydrogen-bond acceptors (Lipinski definition) is 4. The van der Waals surface area contributed by atoms with E-state index in [2.05, 4.69) is 9.46 Å². The summed E-state index contributed by atoms with van der Waals surface area (Å²) < 4.78 is 32.4. The van der Waals surface area contributed by atoms with Crippen LogP contribution >= 0.6 is 0 Å². The molecule has 6 heteroatoms. The van der Waals surface area contributed by atoms with Crippen molar-refractivity contribution in [3.63, 3.8) is 0 Å². The maximum Gasteiger partial charge on any atom is 0.337 e. The Morgan fingerprint density at radius 1 is 0.897 bits per heavy atom. The number of nitrogens with one attached hydrogen (secondary N) is 1. The van der Waals surface area contributed by atoms with Crippen LogP contribution in [0.2, 0.25) is 0 Å². The molecule has 0 amide bonds. The lowest BCUT2D eigenvalue weighted by Gasteiger charge is -2.15. The summed E-state index contributed by atoms with van der Waals surface area (Å²) in [5, 5.41) is 0. The molecule has 0 radical (unpaired) electrons. The van der Waals surface area contributed by atoms with Gasteiger partial charge in [-0.3, -0.25) is 0 Å². The molecule has 0 heterocycles. The minimum atomic E-state index is -3.55. The van der Waals surface area contributed by atoms with Gasteiger partial charge in [0, 0.05) is 6.04 Å². The van der Waals surface area contributed by atoms with Gasteiger partial charge in [-0.1, -0.05) is 66.7 Å². The van der Waals surface area contributed by atoms with E-state index in [1.54, 1.807) is 24.3 Å². The number of sulfonamides is 1. The molecule has 0 aliphatic rings. The van der Waals surface area contributed by atoms with Gasteiger partial charge in [-0.25, -0.2) is 17.9 Å². The Bertz CT molecular complexity index is 1060. The van der Waals surface area contributed by atoms with Crippen LogP contribution in [0.1, 0.15) is 34.5 Å². The Hall–Kier alpha value is -2.96. The van der Waals surface area contributed by atoms with Gasteiger partial charge in [0.05, 0.1) is 18.4 Å². The zero-order chi connectivity index (χ0) is 20.9. The van der Waals surface area contributed by atoms with Crippen LogP contribution in [0.5, 0.6) is 0 Å². The van der Waals surface area contributed by atoms with E-state index in [-0.39, 0.29) is 11.8 Å². The molecular weight excluding hydrogens is 386 g/mol. The second-order valence-electron chi connectivity index (χ2n) is 6.78. The Balaban J connectivity index is 1.66. The SMILES string of the molecule is COC(=O)c1ccc(CS(=O)(=O)NC(C)c2ccc(-c3ccccc3)cc2)cc1. The third-order valence-electron chi connectivity index (χ3n) is 4.61. The number of rotatable bonds is 7. The van der Waals surface area contributed by atoms with Crippen molar-refractivity contribution < 1.29 is 17.9 Å². The lowest BCUT2D eigenvalue weighted by atomic mass is 10.0. The second kappa shape index (κ2) is 9.03. The number of carbonyl (C=O) groups is 1. The van der Waals surface area contributed by atoms with Gasteiger partial charge in [0.1, 0.15) is 0 Å². The van der Waals surface area contributed by atoms with Crippen molar-refractivity contribution in [2.75, 3.05) is 7.11 Å². The molecule has 29 heavy (non-hydrogen) atoms. The molecule has 0 spiro atoms. The number of esters is 1. The van der Waals surface area contributed by atoms with E-state index in [1.165, 1.54) is 7.11 Å². The topological polar surface area (TPSA) is 72.5 Å². The van der Waals surface area contributed by atoms with E-state index in [0.717, 1.165) is 16.7 Å². The monoisotopic (exact) mass is 409 g/mol. The van der Waals surface area contributed by atoms with Crippen LogP contribution in [0.15, 0.2) is 78.9 Å².